The highest BCUT2D eigenvalue weighted by atomic mass is 32.1. The van der Waals surface area contributed by atoms with E-state index >= 15 is 0 Å². The molecule has 0 saturated carbocycles. The van der Waals surface area contributed by atoms with Crippen molar-refractivity contribution in [3.63, 3.8) is 0 Å². The number of carbonyl (C=O) groups excluding carboxylic acids is 2. The van der Waals surface area contributed by atoms with Crippen molar-refractivity contribution in [2.75, 3.05) is 0 Å². The second kappa shape index (κ2) is 6.89. The molecule has 0 fully saturated rings. The molecule has 2 amide bonds. The fourth-order valence-corrected chi connectivity index (χ4v) is 2.26. The lowest BCUT2D eigenvalue weighted by atomic mass is 10.2. The summed E-state index contributed by atoms with van der Waals surface area (Å²) >= 11 is 1.47. The van der Waals surface area contributed by atoms with Crippen molar-refractivity contribution in [3.05, 3.63) is 21.4 Å². The van der Waals surface area contributed by atoms with Gasteiger partial charge in [-0.25, -0.2) is 0 Å². The van der Waals surface area contributed by atoms with E-state index < -0.39 is 11.9 Å². The maximum absolute atomic E-state index is 11.8. The number of amides is 2. The maximum Gasteiger partial charge on any atom is 0.303 e. The van der Waals surface area contributed by atoms with Gasteiger partial charge in [-0.05, 0) is 25.8 Å². The highest BCUT2D eigenvalue weighted by Crippen LogP contribution is 2.19. The van der Waals surface area contributed by atoms with Crippen LogP contribution in [0, 0.1) is 13.8 Å². The molecule has 1 aromatic rings. The van der Waals surface area contributed by atoms with Gasteiger partial charge in [0.1, 0.15) is 0 Å². The van der Waals surface area contributed by atoms with E-state index in [0.717, 1.165) is 10.4 Å². The second-order valence-corrected chi connectivity index (χ2v) is 5.16. The van der Waals surface area contributed by atoms with Crippen LogP contribution in [-0.4, -0.2) is 22.9 Å². The summed E-state index contributed by atoms with van der Waals surface area (Å²) in [6, 6.07) is 0. The smallest absolute Gasteiger partial charge is 0.303 e. The van der Waals surface area contributed by atoms with Crippen LogP contribution in [0.1, 0.15) is 40.1 Å². The average Bonchev–Trinajstić information content (AvgIpc) is 2.67. The van der Waals surface area contributed by atoms with Crippen LogP contribution in [0.5, 0.6) is 0 Å². The number of aryl methyl sites for hydroxylation is 1. The number of hydrogen-bond donors (Lipinski definition) is 3. The first-order chi connectivity index (χ1) is 8.91. The van der Waals surface area contributed by atoms with Crippen LogP contribution in [0.3, 0.4) is 0 Å². The Bertz CT molecular complexity index is 496. The molecule has 3 N–H and O–H groups in total. The summed E-state index contributed by atoms with van der Waals surface area (Å²) in [5, 5.41) is 10.2. The molecule has 0 spiro atoms. The summed E-state index contributed by atoms with van der Waals surface area (Å²) in [4.78, 5) is 34.4. The zero-order valence-electron chi connectivity index (χ0n) is 10.8. The molecule has 0 radical (unpaired) electrons. The summed E-state index contributed by atoms with van der Waals surface area (Å²) in [7, 11) is 0. The SMILES string of the molecule is Cc1scc(C(=O)NNC(=O)CCCC(=O)O)c1C. The molecule has 0 aliphatic rings. The molecule has 19 heavy (non-hydrogen) atoms. The third-order valence-corrected chi connectivity index (χ3v) is 3.65. The van der Waals surface area contributed by atoms with Crippen LogP contribution >= 0.6 is 11.3 Å². The molecule has 0 unspecified atom stereocenters. The van der Waals surface area contributed by atoms with Gasteiger partial charge in [0.2, 0.25) is 5.91 Å². The van der Waals surface area contributed by atoms with Gasteiger partial charge < -0.3 is 5.11 Å². The average molecular weight is 284 g/mol. The van der Waals surface area contributed by atoms with E-state index in [-0.39, 0.29) is 25.2 Å². The molecule has 6 nitrogen and oxygen atoms in total. The van der Waals surface area contributed by atoms with Gasteiger partial charge in [-0.15, -0.1) is 11.3 Å². The topological polar surface area (TPSA) is 95.5 Å². The van der Waals surface area contributed by atoms with E-state index in [4.69, 9.17) is 5.11 Å². The van der Waals surface area contributed by atoms with E-state index in [9.17, 15) is 14.4 Å². The van der Waals surface area contributed by atoms with E-state index in [2.05, 4.69) is 10.9 Å². The van der Waals surface area contributed by atoms with Gasteiger partial charge in [-0.1, -0.05) is 0 Å². The Morgan fingerprint density at radius 3 is 2.42 bits per heavy atom. The standard InChI is InChI=1S/C12H16N2O4S/c1-7-8(2)19-6-9(7)12(18)14-13-10(15)4-3-5-11(16)17/h6H,3-5H2,1-2H3,(H,13,15)(H,14,18)(H,16,17). The van der Waals surface area contributed by atoms with Crippen molar-refractivity contribution in [2.24, 2.45) is 0 Å². The Balaban J connectivity index is 2.36. The quantitative estimate of drug-likeness (QED) is 0.712. The predicted octanol–water partition coefficient (Wildman–Crippen LogP) is 1.38. The Labute approximate surface area is 114 Å². The number of thiophene rings is 1. The van der Waals surface area contributed by atoms with Gasteiger partial charge in [0, 0.05) is 23.1 Å². The number of rotatable bonds is 5. The molecular formula is C12H16N2O4S. The van der Waals surface area contributed by atoms with Crippen molar-refractivity contribution >= 4 is 29.1 Å². The van der Waals surface area contributed by atoms with Crippen molar-refractivity contribution in [3.8, 4) is 0 Å². The third kappa shape index (κ3) is 4.70. The second-order valence-electron chi connectivity index (χ2n) is 4.08. The molecule has 1 rings (SSSR count). The van der Waals surface area contributed by atoms with Crippen LogP contribution in [0.15, 0.2) is 5.38 Å². The fraction of sp³-hybridized carbons (Fsp3) is 0.417. The number of carboxylic acids is 1. The van der Waals surface area contributed by atoms with Gasteiger partial charge in [-0.3, -0.25) is 25.2 Å². The third-order valence-electron chi connectivity index (χ3n) is 2.64. The predicted molar refractivity (Wildman–Crippen MR) is 70.9 cm³/mol. The molecule has 0 aromatic carbocycles. The minimum absolute atomic E-state index is 0.0637. The van der Waals surface area contributed by atoms with Crippen LogP contribution in [0.4, 0.5) is 0 Å². The molecule has 0 atom stereocenters. The highest BCUT2D eigenvalue weighted by Gasteiger charge is 2.13. The molecule has 1 aromatic heterocycles. The largest absolute Gasteiger partial charge is 0.481 e. The van der Waals surface area contributed by atoms with Crippen molar-refractivity contribution in [1.29, 1.82) is 0 Å². The first kappa shape index (κ1) is 15.2. The number of hydrogen-bond acceptors (Lipinski definition) is 4. The summed E-state index contributed by atoms with van der Waals surface area (Å²) < 4.78 is 0. The van der Waals surface area contributed by atoms with Gasteiger partial charge in [0.15, 0.2) is 0 Å². The van der Waals surface area contributed by atoms with Gasteiger partial charge in [0.25, 0.3) is 5.91 Å². The fourth-order valence-electron chi connectivity index (χ4n) is 1.39. The number of nitrogens with one attached hydrogen (secondary N) is 2. The van der Waals surface area contributed by atoms with Crippen molar-refractivity contribution in [1.82, 2.24) is 10.9 Å². The normalized spacial score (nSPS) is 10.0. The van der Waals surface area contributed by atoms with Gasteiger partial charge in [0.05, 0.1) is 5.56 Å². The summed E-state index contributed by atoms with van der Waals surface area (Å²) in [6.07, 6.45) is 0.242. The lowest BCUT2D eigenvalue weighted by Gasteiger charge is -2.06. The summed E-state index contributed by atoms with van der Waals surface area (Å²) in [6.45, 7) is 3.76. The number of aliphatic carboxylic acids is 1. The Morgan fingerprint density at radius 2 is 1.89 bits per heavy atom. The molecule has 0 bridgehead atoms. The highest BCUT2D eigenvalue weighted by molar-refractivity contribution is 7.10. The van der Waals surface area contributed by atoms with Gasteiger partial charge in [-0.2, -0.15) is 0 Å². The molecular weight excluding hydrogens is 268 g/mol. The number of hydrazine groups is 1. The van der Waals surface area contributed by atoms with Crippen molar-refractivity contribution in [2.45, 2.75) is 33.1 Å². The first-order valence-corrected chi connectivity index (χ1v) is 6.65. The molecule has 1 heterocycles. The zero-order chi connectivity index (χ0) is 14.4. The molecule has 0 saturated heterocycles. The number of carbonyl (C=O) groups is 3. The van der Waals surface area contributed by atoms with Crippen LogP contribution < -0.4 is 10.9 Å². The van der Waals surface area contributed by atoms with Crippen LogP contribution in [0.25, 0.3) is 0 Å². The van der Waals surface area contributed by atoms with Crippen molar-refractivity contribution < 1.29 is 19.5 Å². The first-order valence-electron chi connectivity index (χ1n) is 5.77. The van der Waals surface area contributed by atoms with Crippen LogP contribution in [0.2, 0.25) is 0 Å². The van der Waals surface area contributed by atoms with Crippen LogP contribution in [-0.2, 0) is 9.59 Å². The lowest BCUT2D eigenvalue weighted by Crippen LogP contribution is -2.41. The summed E-state index contributed by atoms with van der Waals surface area (Å²) in [5.41, 5.74) is 6.00. The maximum atomic E-state index is 11.8. The minimum Gasteiger partial charge on any atom is -0.481 e. The van der Waals surface area contributed by atoms with E-state index in [1.807, 2.05) is 13.8 Å². The minimum atomic E-state index is -0.943. The number of carboxylic acid groups (broad SMARTS) is 1. The molecule has 0 aliphatic carbocycles. The summed E-state index contributed by atoms with van der Waals surface area (Å²) in [5.74, 6) is -1.71. The molecule has 0 aliphatic heterocycles. The molecule has 104 valence electrons. The molecule has 7 heteroatoms. The van der Waals surface area contributed by atoms with E-state index in [1.165, 1.54) is 11.3 Å². The van der Waals surface area contributed by atoms with E-state index in [1.54, 1.807) is 5.38 Å². The Morgan fingerprint density at radius 1 is 1.21 bits per heavy atom. The Kier molecular flexibility index (Phi) is 5.50. The Hall–Kier alpha value is -1.89. The van der Waals surface area contributed by atoms with Gasteiger partial charge >= 0.3 is 5.97 Å². The lowest BCUT2D eigenvalue weighted by molar-refractivity contribution is -0.137. The van der Waals surface area contributed by atoms with E-state index in [0.29, 0.717) is 5.56 Å². The zero-order valence-corrected chi connectivity index (χ0v) is 11.6. The monoisotopic (exact) mass is 284 g/mol.